The molecule has 1 aliphatic carbocycles. The summed E-state index contributed by atoms with van der Waals surface area (Å²) >= 11 is 0. The highest BCUT2D eigenvalue weighted by Crippen LogP contribution is 2.57. The Morgan fingerprint density at radius 1 is 1.28 bits per heavy atom. The van der Waals surface area contributed by atoms with Crippen molar-refractivity contribution >= 4 is 23.9 Å². The molecule has 1 aromatic carbocycles. The second kappa shape index (κ2) is 6.45. The topological polar surface area (TPSA) is 145 Å². The van der Waals surface area contributed by atoms with Crippen LogP contribution in [0.1, 0.15) is 17.7 Å². The molecule has 3 N–H and O–H groups in total. The molecule has 0 fully saturated rings. The third kappa shape index (κ3) is 2.26. The minimum Gasteiger partial charge on any atom is -0.469 e. The van der Waals surface area contributed by atoms with Gasteiger partial charge in [0, 0.05) is 11.3 Å². The molecule has 2 aromatic rings. The van der Waals surface area contributed by atoms with Gasteiger partial charge in [0.25, 0.3) is 6.01 Å². The van der Waals surface area contributed by atoms with Crippen LogP contribution in [0.3, 0.4) is 0 Å². The Kier molecular flexibility index (Phi) is 4.16. The van der Waals surface area contributed by atoms with Crippen molar-refractivity contribution in [1.29, 1.82) is 0 Å². The molecule has 0 saturated carbocycles. The summed E-state index contributed by atoms with van der Waals surface area (Å²) in [4.78, 5) is 43.7. The summed E-state index contributed by atoms with van der Waals surface area (Å²) in [5.41, 5.74) is 4.88. The smallest absolute Gasteiger partial charge is 0.337 e. The first-order valence-electron chi connectivity index (χ1n) is 8.60. The summed E-state index contributed by atoms with van der Waals surface area (Å²) in [5, 5.41) is 9.91. The van der Waals surface area contributed by atoms with Crippen LogP contribution in [0.4, 0.5) is 6.01 Å². The van der Waals surface area contributed by atoms with Crippen molar-refractivity contribution in [3.05, 3.63) is 46.8 Å². The number of ether oxygens (including phenoxy) is 2. The number of aromatic nitrogens is 1. The lowest BCUT2D eigenvalue weighted by atomic mass is 9.74. The number of carbonyl (C=O) groups is 3. The van der Waals surface area contributed by atoms with Gasteiger partial charge in [-0.3, -0.25) is 14.5 Å². The van der Waals surface area contributed by atoms with E-state index in [0.29, 0.717) is 11.1 Å². The standard InChI is InChI=1S/C19H17N3O7/c1-27-12(24)7-11-13(16(25)28-2)19(17(26)22(11)8-23)10-6-4-3-5-9(10)14-15(19)21-18(20)29-14/h3-6,23H,7-8H2,1-2H3,(H2,20,21)/t19-/m0/s1. The lowest BCUT2D eigenvalue weighted by Gasteiger charge is -2.25. The van der Waals surface area contributed by atoms with Crippen molar-refractivity contribution in [3.63, 3.8) is 0 Å². The van der Waals surface area contributed by atoms with E-state index in [4.69, 9.17) is 19.6 Å². The van der Waals surface area contributed by atoms with Crippen LogP contribution < -0.4 is 5.73 Å². The largest absolute Gasteiger partial charge is 0.469 e. The number of carbonyl (C=O) groups excluding carboxylic acids is 3. The van der Waals surface area contributed by atoms with Gasteiger partial charge in [-0.05, 0) is 5.56 Å². The fourth-order valence-corrected chi connectivity index (χ4v) is 4.08. The average Bonchev–Trinajstić information content (AvgIpc) is 3.31. The Labute approximate surface area is 164 Å². The average molecular weight is 399 g/mol. The fourth-order valence-electron chi connectivity index (χ4n) is 4.08. The van der Waals surface area contributed by atoms with E-state index in [0.717, 1.165) is 12.0 Å². The molecule has 1 spiro atoms. The molecule has 1 aliphatic heterocycles. The number of fused-ring (bicyclic) bond motifs is 5. The van der Waals surface area contributed by atoms with Gasteiger partial charge in [-0.15, -0.1) is 0 Å². The molecule has 1 amide bonds. The van der Waals surface area contributed by atoms with Crippen LogP contribution in [0.25, 0.3) is 11.3 Å². The number of esters is 2. The van der Waals surface area contributed by atoms with Gasteiger partial charge >= 0.3 is 11.9 Å². The zero-order valence-corrected chi connectivity index (χ0v) is 15.6. The van der Waals surface area contributed by atoms with Gasteiger partial charge in [-0.1, -0.05) is 24.3 Å². The molecule has 0 unspecified atom stereocenters. The minimum atomic E-state index is -1.76. The van der Waals surface area contributed by atoms with E-state index < -0.39 is 36.4 Å². The second-order valence-corrected chi connectivity index (χ2v) is 6.47. The van der Waals surface area contributed by atoms with E-state index in [1.807, 2.05) is 0 Å². The van der Waals surface area contributed by atoms with Crippen LogP contribution in [0.2, 0.25) is 0 Å². The first-order chi connectivity index (χ1) is 13.9. The number of aliphatic hydroxyl groups excluding tert-OH is 1. The van der Waals surface area contributed by atoms with Gasteiger partial charge in [-0.25, -0.2) is 4.79 Å². The summed E-state index contributed by atoms with van der Waals surface area (Å²) < 4.78 is 15.2. The molecule has 10 nitrogen and oxygen atoms in total. The van der Waals surface area contributed by atoms with Crippen LogP contribution in [-0.4, -0.2) is 53.8 Å². The number of nitrogens with two attached hydrogens (primary N) is 1. The van der Waals surface area contributed by atoms with Crippen LogP contribution in [0.15, 0.2) is 40.0 Å². The summed E-state index contributed by atoms with van der Waals surface area (Å²) in [5.74, 6) is -1.97. The van der Waals surface area contributed by atoms with Crippen molar-refractivity contribution in [2.75, 3.05) is 26.7 Å². The lowest BCUT2D eigenvalue weighted by molar-refractivity contribution is -0.141. The number of nitrogens with zero attached hydrogens (tertiary/aromatic N) is 2. The maximum atomic E-state index is 13.6. The number of aliphatic hydroxyl groups is 1. The molecule has 0 radical (unpaired) electrons. The quantitative estimate of drug-likeness (QED) is 0.693. The normalized spacial score (nSPS) is 19.6. The van der Waals surface area contributed by atoms with E-state index in [1.54, 1.807) is 24.3 Å². The minimum absolute atomic E-state index is 0.0274. The molecule has 4 rings (SSSR count). The zero-order valence-electron chi connectivity index (χ0n) is 15.6. The van der Waals surface area contributed by atoms with Crippen LogP contribution in [-0.2, 0) is 29.3 Å². The van der Waals surface area contributed by atoms with Crippen LogP contribution >= 0.6 is 0 Å². The van der Waals surface area contributed by atoms with Crippen molar-refractivity contribution in [3.8, 4) is 11.3 Å². The van der Waals surface area contributed by atoms with Gasteiger partial charge in [0.05, 0.1) is 26.2 Å². The number of rotatable bonds is 4. The van der Waals surface area contributed by atoms with E-state index in [1.165, 1.54) is 7.11 Å². The molecular weight excluding hydrogens is 382 g/mol. The van der Waals surface area contributed by atoms with Crippen molar-refractivity contribution in [2.24, 2.45) is 0 Å². The van der Waals surface area contributed by atoms with Gasteiger partial charge < -0.3 is 24.7 Å². The molecule has 2 aliphatic rings. The van der Waals surface area contributed by atoms with Crippen LogP contribution in [0, 0.1) is 0 Å². The number of anilines is 1. The molecule has 1 atom stereocenters. The Hall–Kier alpha value is -3.66. The Balaban J connectivity index is 2.11. The Morgan fingerprint density at radius 2 is 2.00 bits per heavy atom. The Bertz CT molecular complexity index is 1090. The molecule has 10 heteroatoms. The Morgan fingerprint density at radius 3 is 2.66 bits per heavy atom. The first-order valence-corrected chi connectivity index (χ1v) is 8.60. The third-order valence-corrected chi connectivity index (χ3v) is 5.20. The predicted molar refractivity (Wildman–Crippen MR) is 96.7 cm³/mol. The molecule has 1 aromatic heterocycles. The van der Waals surface area contributed by atoms with Gasteiger partial charge in [0.15, 0.2) is 11.2 Å². The molecule has 0 bridgehead atoms. The van der Waals surface area contributed by atoms with E-state index in [2.05, 4.69) is 4.98 Å². The number of amides is 1. The number of hydrogen-bond donors (Lipinski definition) is 2. The van der Waals surface area contributed by atoms with Gasteiger partial charge in [0.1, 0.15) is 12.4 Å². The van der Waals surface area contributed by atoms with Crippen molar-refractivity contribution in [1.82, 2.24) is 9.88 Å². The number of hydrogen-bond acceptors (Lipinski definition) is 9. The molecule has 0 saturated heterocycles. The van der Waals surface area contributed by atoms with Crippen molar-refractivity contribution < 1.29 is 33.4 Å². The highest BCUT2D eigenvalue weighted by molar-refractivity contribution is 6.14. The fraction of sp³-hybridized carbons (Fsp3) is 0.263. The summed E-state index contributed by atoms with van der Waals surface area (Å²) in [6, 6.07) is 6.61. The second-order valence-electron chi connectivity index (χ2n) is 6.47. The van der Waals surface area contributed by atoms with Gasteiger partial charge in [-0.2, -0.15) is 4.98 Å². The highest BCUT2D eigenvalue weighted by atomic mass is 16.5. The molecular formula is C19H17N3O7. The van der Waals surface area contributed by atoms with E-state index >= 15 is 0 Å². The lowest BCUT2D eigenvalue weighted by Crippen LogP contribution is -2.42. The van der Waals surface area contributed by atoms with E-state index in [9.17, 15) is 19.5 Å². The zero-order chi connectivity index (χ0) is 20.9. The van der Waals surface area contributed by atoms with E-state index in [-0.39, 0.29) is 28.7 Å². The maximum absolute atomic E-state index is 13.6. The number of oxazole rings is 1. The summed E-state index contributed by atoms with van der Waals surface area (Å²) in [7, 11) is 2.33. The van der Waals surface area contributed by atoms with Gasteiger partial charge in [0.2, 0.25) is 5.91 Å². The maximum Gasteiger partial charge on any atom is 0.337 e. The molecule has 29 heavy (non-hydrogen) atoms. The SMILES string of the molecule is COC(=O)CC1=C(C(=O)OC)[C@@]2(C(=O)N1CO)c1ccccc1-c1oc(N)nc12. The predicted octanol–water partition coefficient (Wildman–Crippen LogP) is 0.305. The monoisotopic (exact) mass is 399 g/mol. The van der Waals surface area contributed by atoms with Crippen molar-refractivity contribution in [2.45, 2.75) is 11.8 Å². The number of nitrogen functional groups attached to an aromatic ring is 1. The highest BCUT2D eigenvalue weighted by Gasteiger charge is 2.64. The number of methoxy groups -OCH3 is 2. The van der Waals surface area contributed by atoms with Crippen LogP contribution in [0.5, 0.6) is 0 Å². The molecule has 2 heterocycles. The third-order valence-electron chi connectivity index (χ3n) is 5.20. The number of benzene rings is 1. The first kappa shape index (κ1) is 18.7. The summed E-state index contributed by atoms with van der Waals surface area (Å²) in [6.45, 7) is -0.766. The molecule has 150 valence electrons. The summed E-state index contributed by atoms with van der Waals surface area (Å²) in [6.07, 6.45) is -0.431.